The highest BCUT2D eigenvalue weighted by molar-refractivity contribution is 9.10. The van der Waals surface area contributed by atoms with Crippen molar-refractivity contribution in [3.8, 4) is 0 Å². The van der Waals surface area contributed by atoms with Crippen LogP contribution in [0.5, 0.6) is 0 Å². The van der Waals surface area contributed by atoms with E-state index in [1.54, 1.807) is 0 Å². The lowest BCUT2D eigenvalue weighted by molar-refractivity contribution is 0.406. The Morgan fingerprint density at radius 1 is 1.07 bits per heavy atom. The van der Waals surface area contributed by atoms with Gasteiger partial charge in [-0.05, 0) is 42.0 Å². The van der Waals surface area contributed by atoms with Crippen molar-refractivity contribution < 1.29 is 0 Å². The van der Waals surface area contributed by atoms with E-state index in [9.17, 15) is 0 Å². The normalized spacial score (nSPS) is 14.1. The fourth-order valence-corrected chi connectivity index (χ4v) is 2.49. The molecule has 0 heterocycles. The van der Waals surface area contributed by atoms with Crippen LogP contribution in [0.4, 0.5) is 0 Å². The average Bonchev–Trinajstić information content (AvgIpc) is 2.08. The molecular formula is C13H18Br2. The summed E-state index contributed by atoms with van der Waals surface area (Å²) in [6.45, 7) is 11.1. The Kier molecular flexibility index (Phi) is 4.05. The number of aryl methyl sites for hydroxylation is 2. The third-order valence-corrected chi connectivity index (χ3v) is 5.30. The SMILES string of the molecule is Cc1cc(C(Br)C(C)(C)C)c(C)cc1Br. The van der Waals surface area contributed by atoms with E-state index in [4.69, 9.17) is 0 Å². The minimum absolute atomic E-state index is 0.241. The zero-order valence-corrected chi connectivity index (χ0v) is 13.2. The second-order valence-electron chi connectivity index (χ2n) is 5.19. The van der Waals surface area contributed by atoms with Gasteiger partial charge in [0.1, 0.15) is 0 Å². The van der Waals surface area contributed by atoms with Crippen LogP contribution < -0.4 is 0 Å². The Labute approximate surface area is 110 Å². The molecule has 0 aliphatic heterocycles. The molecule has 84 valence electrons. The van der Waals surface area contributed by atoms with Crippen molar-refractivity contribution in [2.24, 2.45) is 5.41 Å². The lowest BCUT2D eigenvalue weighted by Gasteiger charge is -2.27. The van der Waals surface area contributed by atoms with Crippen LogP contribution in [0.15, 0.2) is 16.6 Å². The van der Waals surface area contributed by atoms with Gasteiger partial charge in [-0.3, -0.25) is 0 Å². The van der Waals surface area contributed by atoms with E-state index in [1.165, 1.54) is 21.2 Å². The molecule has 0 bridgehead atoms. The molecule has 2 heteroatoms. The number of alkyl halides is 1. The molecule has 1 rings (SSSR count). The van der Waals surface area contributed by atoms with E-state index in [0.717, 1.165) is 0 Å². The lowest BCUT2D eigenvalue weighted by Crippen LogP contribution is -2.14. The highest BCUT2D eigenvalue weighted by Gasteiger charge is 2.25. The maximum absolute atomic E-state index is 3.80. The Hall–Kier alpha value is 0.180. The van der Waals surface area contributed by atoms with Gasteiger partial charge in [0, 0.05) is 9.30 Å². The molecule has 1 aromatic carbocycles. The van der Waals surface area contributed by atoms with E-state index in [1.807, 2.05) is 0 Å². The number of hydrogen-bond acceptors (Lipinski definition) is 0. The summed E-state index contributed by atoms with van der Waals surface area (Å²) in [5, 5.41) is 0. The van der Waals surface area contributed by atoms with Crippen LogP contribution in [0.3, 0.4) is 0 Å². The van der Waals surface area contributed by atoms with Gasteiger partial charge >= 0.3 is 0 Å². The second-order valence-corrected chi connectivity index (χ2v) is 6.96. The van der Waals surface area contributed by atoms with Gasteiger partial charge in [0.05, 0.1) is 0 Å². The fourth-order valence-electron chi connectivity index (χ4n) is 1.54. The summed E-state index contributed by atoms with van der Waals surface area (Å²) in [4.78, 5) is 0.400. The molecule has 0 nitrogen and oxygen atoms in total. The maximum atomic E-state index is 3.80. The largest absolute Gasteiger partial charge is 0.0833 e. The average molecular weight is 334 g/mol. The van der Waals surface area contributed by atoms with Crippen molar-refractivity contribution in [3.05, 3.63) is 33.3 Å². The van der Waals surface area contributed by atoms with Gasteiger partial charge in [0.15, 0.2) is 0 Å². The standard InChI is InChI=1S/C13H18Br2/c1-8-7-11(14)9(2)6-10(8)12(15)13(3,4)5/h6-7,12H,1-5H3. The number of hydrogen-bond donors (Lipinski definition) is 0. The quantitative estimate of drug-likeness (QED) is 0.591. The molecule has 0 aromatic heterocycles. The van der Waals surface area contributed by atoms with Gasteiger partial charge in [-0.2, -0.15) is 0 Å². The first-order valence-electron chi connectivity index (χ1n) is 5.14. The van der Waals surface area contributed by atoms with Gasteiger partial charge in [-0.15, -0.1) is 0 Å². The summed E-state index contributed by atoms with van der Waals surface area (Å²) in [7, 11) is 0. The van der Waals surface area contributed by atoms with Crippen LogP contribution >= 0.6 is 31.9 Å². The number of rotatable bonds is 1. The van der Waals surface area contributed by atoms with Crippen LogP contribution in [-0.4, -0.2) is 0 Å². The summed E-state index contributed by atoms with van der Waals surface area (Å²) in [5.74, 6) is 0. The van der Waals surface area contributed by atoms with Crippen molar-refractivity contribution in [3.63, 3.8) is 0 Å². The van der Waals surface area contributed by atoms with Gasteiger partial charge < -0.3 is 0 Å². The first-order chi connectivity index (χ1) is 6.73. The van der Waals surface area contributed by atoms with E-state index >= 15 is 0 Å². The first kappa shape index (κ1) is 13.2. The molecule has 0 fully saturated rings. The lowest BCUT2D eigenvalue weighted by atomic mass is 9.86. The predicted octanol–water partition coefficient (Wildman–Crippen LogP) is 5.55. The molecule has 0 amide bonds. The fraction of sp³-hybridized carbons (Fsp3) is 0.538. The monoisotopic (exact) mass is 332 g/mol. The Bertz CT molecular complexity index is 362. The zero-order chi connectivity index (χ0) is 11.8. The van der Waals surface area contributed by atoms with Crippen molar-refractivity contribution in [2.75, 3.05) is 0 Å². The minimum atomic E-state index is 0.241. The molecular weight excluding hydrogens is 316 g/mol. The zero-order valence-electron chi connectivity index (χ0n) is 9.99. The van der Waals surface area contributed by atoms with Crippen molar-refractivity contribution in [1.29, 1.82) is 0 Å². The summed E-state index contributed by atoms with van der Waals surface area (Å²) in [6.07, 6.45) is 0. The van der Waals surface area contributed by atoms with E-state index in [0.29, 0.717) is 4.83 Å². The van der Waals surface area contributed by atoms with Gasteiger partial charge in [-0.1, -0.05) is 58.7 Å². The third kappa shape index (κ3) is 3.07. The highest BCUT2D eigenvalue weighted by atomic mass is 79.9. The summed E-state index contributed by atoms with van der Waals surface area (Å²) in [6, 6.07) is 4.47. The first-order valence-corrected chi connectivity index (χ1v) is 6.85. The molecule has 0 aliphatic rings. The van der Waals surface area contributed by atoms with Crippen molar-refractivity contribution >= 4 is 31.9 Å². The molecule has 0 saturated carbocycles. The Morgan fingerprint density at radius 3 is 2.07 bits per heavy atom. The smallest absolute Gasteiger partial charge is 0.0446 e. The van der Waals surface area contributed by atoms with Gasteiger partial charge in [-0.25, -0.2) is 0 Å². The van der Waals surface area contributed by atoms with Gasteiger partial charge in [0.2, 0.25) is 0 Å². The van der Waals surface area contributed by atoms with Crippen LogP contribution in [0.2, 0.25) is 0 Å². The van der Waals surface area contributed by atoms with Gasteiger partial charge in [0.25, 0.3) is 0 Å². The van der Waals surface area contributed by atoms with Crippen molar-refractivity contribution in [2.45, 2.75) is 39.4 Å². The third-order valence-electron chi connectivity index (χ3n) is 2.58. The maximum Gasteiger partial charge on any atom is 0.0446 e. The molecule has 0 spiro atoms. The molecule has 15 heavy (non-hydrogen) atoms. The van der Waals surface area contributed by atoms with E-state index in [-0.39, 0.29) is 5.41 Å². The summed E-state index contributed by atoms with van der Waals surface area (Å²) >= 11 is 7.37. The Morgan fingerprint density at radius 2 is 1.60 bits per heavy atom. The minimum Gasteiger partial charge on any atom is -0.0833 e. The molecule has 0 saturated heterocycles. The Balaban J connectivity index is 3.21. The molecule has 1 unspecified atom stereocenters. The number of halogens is 2. The topological polar surface area (TPSA) is 0 Å². The van der Waals surface area contributed by atoms with Crippen LogP contribution in [-0.2, 0) is 0 Å². The molecule has 0 aliphatic carbocycles. The summed E-state index contributed by atoms with van der Waals surface area (Å²) < 4.78 is 1.19. The predicted molar refractivity (Wildman–Crippen MR) is 74.7 cm³/mol. The number of benzene rings is 1. The van der Waals surface area contributed by atoms with E-state index < -0.39 is 0 Å². The molecule has 0 N–H and O–H groups in total. The van der Waals surface area contributed by atoms with Crippen LogP contribution in [0, 0.1) is 19.3 Å². The second kappa shape index (κ2) is 4.58. The van der Waals surface area contributed by atoms with E-state index in [2.05, 4.69) is 78.6 Å². The molecule has 1 atom stereocenters. The summed E-state index contributed by atoms with van der Waals surface area (Å²) in [5.41, 5.74) is 4.27. The molecule has 0 radical (unpaired) electrons. The molecule has 1 aromatic rings. The van der Waals surface area contributed by atoms with Crippen LogP contribution in [0.1, 0.15) is 42.3 Å². The van der Waals surface area contributed by atoms with Crippen molar-refractivity contribution in [1.82, 2.24) is 0 Å². The highest BCUT2D eigenvalue weighted by Crippen LogP contribution is 2.42. The van der Waals surface area contributed by atoms with Crippen LogP contribution in [0.25, 0.3) is 0 Å².